The first-order chi connectivity index (χ1) is 9.31. The van der Waals surface area contributed by atoms with E-state index in [1.807, 2.05) is 6.07 Å². The Morgan fingerprint density at radius 2 is 2.10 bits per heavy atom. The van der Waals surface area contributed by atoms with Crippen LogP contribution in [0.15, 0.2) is 23.1 Å². The highest BCUT2D eigenvalue weighted by Gasteiger charge is 2.47. The molecule has 0 aliphatic heterocycles. The summed E-state index contributed by atoms with van der Waals surface area (Å²) in [5.41, 5.74) is -0.463. The van der Waals surface area contributed by atoms with Crippen molar-refractivity contribution < 1.29 is 18.3 Å². The summed E-state index contributed by atoms with van der Waals surface area (Å²) in [6, 6.07) is 6.05. The molecule has 1 aliphatic rings. The Kier molecular flexibility index (Phi) is 3.54. The fourth-order valence-corrected chi connectivity index (χ4v) is 3.64. The summed E-state index contributed by atoms with van der Waals surface area (Å²) in [4.78, 5) is 11.2. The van der Waals surface area contributed by atoms with Crippen LogP contribution in [0.25, 0.3) is 0 Å². The van der Waals surface area contributed by atoms with E-state index in [2.05, 4.69) is 4.72 Å². The van der Waals surface area contributed by atoms with Crippen LogP contribution in [0.2, 0.25) is 0 Å². The zero-order valence-electron chi connectivity index (χ0n) is 10.9. The largest absolute Gasteiger partial charge is 0.480 e. The van der Waals surface area contributed by atoms with Gasteiger partial charge in [-0.3, -0.25) is 4.79 Å². The van der Waals surface area contributed by atoms with Gasteiger partial charge in [-0.2, -0.15) is 9.98 Å². The fraction of sp³-hybridized carbons (Fsp3) is 0.385. The first kappa shape index (κ1) is 14.5. The van der Waals surface area contributed by atoms with Gasteiger partial charge in [-0.1, -0.05) is 0 Å². The monoisotopic (exact) mass is 294 g/mol. The van der Waals surface area contributed by atoms with Crippen LogP contribution in [0.1, 0.15) is 30.4 Å². The highest BCUT2D eigenvalue weighted by Crippen LogP contribution is 2.33. The quantitative estimate of drug-likeness (QED) is 0.866. The van der Waals surface area contributed by atoms with Crippen molar-refractivity contribution in [2.24, 2.45) is 0 Å². The fourth-order valence-electron chi connectivity index (χ4n) is 2.13. The second-order valence-corrected chi connectivity index (χ2v) is 6.62. The van der Waals surface area contributed by atoms with Crippen molar-refractivity contribution in [1.82, 2.24) is 4.72 Å². The Morgan fingerprint density at radius 3 is 2.50 bits per heavy atom. The molecule has 2 N–H and O–H groups in total. The molecule has 20 heavy (non-hydrogen) atoms. The van der Waals surface area contributed by atoms with E-state index in [-0.39, 0.29) is 17.7 Å². The lowest BCUT2D eigenvalue weighted by Gasteiger charge is -2.37. The molecule has 2 rings (SSSR count). The van der Waals surface area contributed by atoms with Crippen LogP contribution in [0.3, 0.4) is 0 Å². The third-order valence-corrected chi connectivity index (χ3v) is 5.11. The van der Waals surface area contributed by atoms with Crippen molar-refractivity contribution in [2.75, 3.05) is 0 Å². The number of aryl methyl sites for hydroxylation is 1. The number of nitriles is 1. The van der Waals surface area contributed by atoms with Crippen molar-refractivity contribution in [2.45, 2.75) is 36.6 Å². The number of rotatable bonds is 4. The molecule has 0 heterocycles. The summed E-state index contributed by atoms with van der Waals surface area (Å²) in [6.07, 6.45) is 1.26. The third-order valence-electron chi connectivity index (χ3n) is 3.57. The van der Waals surface area contributed by atoms with Crippen molar-refractivity contribution in [3.05, 3.63) is 29.3 Å². The number of carboxylic acids is 1. The standard InChI is InChI=1S/C13H14N2O4S/c1-9-7-11(4-3-10(9)8-14)20(18,19)15-13(12(16)17)5-2-6-13/h3-4,7,15H,2,5-6H2,1H3,(H,16,17). The number of aliphatic carboxylic acids is 1. The maximum absolute atomic E-state index is 12.2. The van der Waals surface area contributed by atoms with Crippen LogP contribution >= 0.6 is 0 Å². The Labute approximate surface area is 117 Å². The van der Waals surface area contributed by atoms with Crippen LogP contribution in [-0.2, 0) is 14.8 Å². The Hall–Kier alpha value is -1.91. The molecule has 0 saturated heterocycles. The van der Waals surface area contributed by atoms with Gasteiger partial charge in [0.15, 0.2) is 0 Å². The molecule has 0 aromatic heterocycles. The second-order valence-electron chi connectivity index (χ2n) is 4.93. The highest BCUT2D eigenvalue weighted by molar-refractivity contribution is 7.89. The molecule has 0 radical (unpaired) electrons. The Bertz CT molecular complexity index is 700. The van der Waals surface area contributed by atoms with Gasteiger partial charge in [0.25, 0.3) is 0 Å². The average Bonchev–Trinajstić information content (AvgIpc) is 2.33. The van der Waals surface area contributed by atoms with E-state index in [1.165, 1.54) is 18.2 Å². The summed E-state index contributed by atoms with van der Waals surface area (Å²) >= 11 is 0. The predicted molar refractivity (Wildman–Crippen MR) is 70.4 cm³/mol. The van der Waals surface area contributed by atoms with Crippen LogP contribution in [0.5, 0.6) is 0 Å². The number of hydrogen-bond donors (Lipinski definition) is 2. The number of benzene rings is 1. The molecule has 0 spiro atoms. The SMILES string of the molecule is Cc1cc(S(=O)(=O)NC2(C(=O)O)CCC2)ccc1C#N. The molecular formula is C13H14N2O4S. The molecule has 1 saturated carbocycles. The lowest BCUT2D eigenvalue weighted by molar-refractivity contribution is -0.147. The van der Waals surface area contributed by atoms with Gasteiger partial charge in [0.05, 0.1) is 16.5 Å². The van der Waals surface area contributed by atoms with E-state index in [9.17, 15) is 13.2 Å². The molecule has 1 aromatic rings. The van der Waals surface area contributed by atoms with E-state index in [0.717, 1.165) is 0 Å². The molecule has 1 fully saturated rings. The molecule has 1 aromatic carbocycles. The lowest BCUT2D eigenvalue weighted by Crippen LogP contribution is -2.58. The third kappa shape index (κ3) is 2.40. The maximum atomic E-state index is 12.2. The van der Waals surface area contributed by atoms with Gasteiger partial charge < -0.3 is 5.11 Å². The van der Waals surface area contributed by atoms with E-state index in [4.69, 9.17) is 10.4 Å². The van der Waals surface area contributed by atoms with Gasteiger partial charge in [0, 0.05) is 0 Å². The summed E-state index contributed by atoms with van der Waals surface area (Å²) < 4.78 is 26.8. The van der Waals surface area contributed by atoms with E-state index in [1.54, 1.807) is 6.92 Å². The highest BCUT2D eigenvalue weighted by atomic mass is 32.2. The number of hydrogen-bond acceptors (Lipinski definition) is 4. The summed E-state index contributed by atoms with van der Waals surface area (Å²) in [5, 5.41) is 18.0. The Balaban J connectivity index is 2.34. The van der Waals surface area contributed by atoms with Gasteiger partial charge in [-0.15, -0.1) is 0 Å². The molecule has 0 unspecified atom stereocenters. The van der Waals surface area contributed by atoms with Crippen molar-refractivity contribution in [3.63, 3.8) is 0 Å². The van der Waals surface area contributed by atoms with Crippen molar-refractivity contribution >= 4 is 16.0 Å². The lowest BCUT2D eigenvalue weighted by atomic mass is 9.78. The average molecular weight is 294 g/mol. The number of nitrogens with zero attached hydrogens (tertiary/aromatic N) is 1. The number of carboxylic acid groups (broad SMARTS) is 1. The maximum Gasteiger partial charge on any atom is 0.324 e. The molecule has 0 bridgehead atoms. The smallest absolute Gasteiger partial charge is 0.324 e. The van der Waals surface area contributed by atoms with Gasteiger partial charge >= 0.3 is 5.97 Å². The van der Waals surface area contributed by atoms with E-state index in [0.29, 0.717) is 17.5 Å². The summed E-state index contributed by atoms with van der Waals surface area (Å²) in [5.74, 6) is -1.15. The van der Waals surface area contributed by atoms with Crippen molar-refractivity contribution in [1.29, 1.82) is 5.26 Å². The minimum Gasteiger partial charge on any atom is -0.480 e. The van der Waals surface area contributed by atoms with E-state index < -0.39 is 21.5 Å². The first-order valence-corrected chi connectivity index (χ1v) is 7.57. The topological polar surface area (TPSA) is 107 Å². The molecule has 7 heteroatoms. The van der Waals surface area contributed by atoms with Gasteiger partial charge in [-0.05, 0) is 49.9 Å². The number of carbonyl (C=O) groups is 1. The first-order valence-electron chi connectivity index (χ1n) is 6.09. The second kappa shape index (κ2) is 4.89. The Morgan fingerprint density at radius 1 is 1.45 bits per heavy atom. The molecule has 106 valence electrons. The van der Waals surface area contributed by atoms with Crippen LogP contribution in [0.4, 0.5) is 0 Å². The van der Waals surface area contributed by atoms with Crippen molar-refractivity contribution in [3.8, 4) is 6.07 Å². The number of nitrogens with one attached hydrogen (secondary N) is 1. The van der Waals surface area contributed by atoms with Crippen LogP contribution in [-0.4, -0.2) is 25.0 Å². The minimum atomic E-state index is -3.91. The normalized spacial score (nSPS) is 17.0. The number of sulfonamides is 1. The molecule has 0 amide bonds. The van der Waals surface area contributed by atoms with Gasteiger partial charge in [0.1, 0.15) is 5.54 Å². The molecular weight excluding hydrogens is 280 g/mol. The van der Waals surface area contributed by atoms with Crippen LogP contribution < -0.4 is 4.72 Å². The molecule has 1 aliphatic carbocycles. The molecule has 6 nitrogen and oxygen atoms in total. The van der Waals surface area contributed by atoms with E-state index >= 15 is 0 Å². The van der Waals surface area contributed by atoms with Gasteiger partial charge in [-0.25, -0.2) is 8.42 Å². The summed E-state index contributed by atoms with van der Waals surface area (Å²) in [6.45, 7) is 1.63. The molecule has 0 atom stereocenters. The van der Waals surface area contributed by atoms with Crippen LogP contribution in [0, 0.1) is 18.3 Å². The zero-order valence-corrected chi connectivity index (χ0v) is 11.7. The zero-order chi connectivity index (χ0) is 15.0. The predicted octanol–water partition coefficient (Wildman–Crippen LogP) is 1.15. The minimum absolute atomic E-state index is 0.0264. The summed E-state index contributed by atoms with van der Waals surface area (Å²) in [7, 11) is -3.91. The van der Waals surface area contributed by atoms with Gasteiger partial charge in [0.2, 0.25) is 10.0 Å².